The number of halogens is 2. The summed E-state index contributed by atoms with van der Waals surface area (Å²) in [6.45, 7) is 2.52. The van der Waals surface area contributed by atoms with E-state index in [0.717, 1.165) is 11.1 Å². The molecule has 3 aromatic rings. The fourth-order valence-corrected chi connectivity index (χ4v) is 6.15. The van der Waals surface area contributed by atoms with E-state index in [1.54, 1.807) is 28.0 Å². The number of hydrogen-bond donors (Lipinski definition) is 0. The van der Waals surface area contributed by atoms with Gasteiger partial charge in [-0.25, -0.2) is 4.39 Å². The van der Waals surface area contributed by atoms with E-state index in [-0.39, 0.29) is 18.4 Å². The van der Waals surface area contributed by atoms with E-state index in [9.17, 15) is 14.0 Å². The van der Waals surface area contributed by atoms with Crippen LogP contribution in [0.25, 0.3) is 0 Å². The Labute approximate surface area is 195 Å². The van der Waals surface area contributed by atoms with Crippen LogP contribution >= 0.6 is 23.4 Å². The van der Waals surface area contributed by atoms with Crippen LogP contribution in [-0.4, -0.2) is 29.0 Å². The average Bonchev–Trinajstić information content (AvgIpc) is 3.32. The first-order valence-electron chi connectivity index (χ1n) is 10.3. The van der Waals surface area contributed by atoms with Crippen molar-refractivity contribution in [3.05, 3.63) is 99.8 Å². The Balaban J connectivity index is 1.63. The first-order valence-corrected chi connectivity index (χ1v) is 11.7. The van der Waals surface area contributed by atoms with Crippen LogP contribution in [0, 0.1) is 12.7 Å². The van der Waals surface area contributed by atoms with Crippen LogP contribution in [0.3, 0.4) is 0 Å². The standard InChI is InChI=1S/C25H20ClFN2O2S/c1-16-6-2-4-8-19(16)23(30)29-12-13-32-25(29)20-14-18(27)10-11-22(20)28(24(25)31)15-17-7-3-5-9-21(17)26/h2-11,14H,12-13,15H2,1H3/t25-/m0/s1. The van der Waals surface area contributed by atoms with Crippen molar-refractivity contribution in [3.63, 3.8) is 0 Å². The molecule has 3 aromatic carbocycles. The lowest BCUT2D eigenvalue weighted by Crippen LogP contribution is -2.50. The minimum atomic E-state index is -1.29. The van der Waals surface area contributed by atoms with Crippen LogP contribution in [-0.2, 0) is 16.2 Å². The molecule has 1 fully saturated rings. The van der Waals surface area contributed by atoms with Crippen LogP contribution in [0.4, 0.5) is 10.1 Å². The number of carbonyl (C=O) groups is 2. The lowest BCUT2D eigenvalue weighted by atomic mass is 10.0. The highest BCUT2D eigenvalue weighted by Crippen LogP contribution is 2.55. The first kappa shape index (κ1) is 21.0. The van der Waals surface area contributed by atoms with Crippen molar-refractivity contribution in [2.24, 2.45) is 0 Å². The number of anilines is 1. The van der Waals surface area contributed by atoms with Crippen LogP contribution in [0.1, 0.15) is 27.0 Å². The van der Waals surface area contributed by atoms with Gasteiger partial charge in [0.25, 0.3) is 11.8 Å². The molecule has 162 valence electrons. The van der Waals surface area contributed by atoms with Gasteiger partial charge in [0.2, 0.25) is 0 Å². The summed E-state index contributed by atoms with van der Waals surface area (Å²) in [6.07, 6.45) is 0. The topological polar surface area (TPSA) is 40.6 Å². The minimum absolute atomic E-state index is 0.226. The summed E-state index contributed by atoms with van der Waals surface area (Å²) >= 11 is 7.74. The van der Waals surface area contributed by atoms with E-state index in [1.165, 1.54) is 23.9 Å². The lowest BCUT2D eigenvalue weighted by Gasteiger charge is -2.33. The Bertz CT molecular complexity index is 1250. The molecule has 0 N–H and O–H groups in total. The lowest BCUT2D eigenvalue weighted by molar-refractivity contribution is -0.123. The van der Waals surface area contributed by atoms with Gasteiger partial charge in [0, 0.05) is 28.4 Å². The highest BCUT2D eigenvalue weighted by atomic mass is 35.5. The molecule has 0 aliphatic carbocycles. The van der Waals surface area contributed by atoms with E-state index in [1.807, 2.05) is 43.3 Å². The number of hydrogen-bond acceptors (Lipinski definition) is 3. The van der Waals surface area contributed by atoms with Crippen molar-refractivity contribution < 1.29 is 14.0 Å². The normalized spacial score (nSPS) is 19.7. The van der Waals surface area contributed by atoms with Crippen LogP contribution in [0.2, 0.25) is 5.02 Å². The summed E-state index contributed by atoms with van der Waals surface area (Å²) in [5.41, 5.74) is 3.29. The molecule has 4 nitrogen and oxygen atoms in total. The molecule has 1 spiro atoms. The number of nitrogens with zero attached hydrogens (tertiary/aromatic N) is 2. The smallest absolute Gasteiger partial charge is 0.268 e. The van der Waals surface area contributed by atoms with Gasteiger partial charge in [-0.05, 0) is 48.4 Å². The third kappa shape index (κ3) is 3.12. The quantitative estimate of drug-likeness (QED) is 0.520. The summed E-state index contributed by atoms with van der Waals surface area (Å²) in [6, 6.07) is 19.0. The number of amides is 2. The number of thioether (sulfide) groups is 1. The van der Waals surface area contributed by atoms with Crippen LogP contribution in [0.15, 0.2) is 66.7 Å². The zero-order chi connectivity index (χ0) is 22.5. The van der Waals surface area contributed by atoms with Gasteiger partial charge in [0.05, 0.1) is 12.2 Å². The van der Waals surface area contributed by atoms with Gasteiger partial charge >= 0.3 is 0 Å². The van der Waals surface area contributed by atoms with E-state index in [4.69, 9.17) is 11.6 Å². The van der Waals surface area contributed by atoms with Crippen molar-refractivity contribution in [3.8, 4) is 0 Å². The Kier molecular flexibility index (Phi) is 5.22. The Morgan fingerprint density at radius 3 is 2.66 bits per heavy atom. The summed E-state index contributed by atoms with van der Waals surface area (Å²) in [7, 11) is 0. The molecule has 32 heavy (non-hydrogen) atoms. The van der Waals surface area contributed by atoms with Gasteiger partial charge < -0.3 is 9.80 Å². The van der Waals surface area contributed by atoms with Gasteiger partial charge in [0.1, 0.15) is 5.82 Å². The second kappa shape index (κ2) is 7.94. The molecule has 5 rings (SSSR count). The van der Waals surface area contributed by atoms with Crippen molar-refractivity contribution in [1.82, 2.24) is 4.90 Å². The van der Waals surface area contributed by atoms with E-state index >= 15 is 0 Å². The van der Waals surface area contributed by atoms with Gasteiger partial charge in [-0.3, -0.25) is 9.59 Å². The number of benzene rings is 3. The van der Waals surface area contributed by atoms with Crippen molar-refractivity contribution >= 4 is 40.9 Å². The van der Waals surface area contributed by atoms with Crippen molar-refractivity contribution in [1.29, 1.82) is 0 Å². The molecular weight excluding hydrogens is 447 g/mol. The van der Waals surface area contributed by atoms with Crippen LogP contribution in [0.5, 0.6) is 0 Å². The maximum absolute atomic E-state index is 14.4. The number of fused-ring (bicyclic) bond motifs is 2. The van der Waals surface area contributed by atoms with E-state index < -0.39 is 10.7 Å². The third-order valence-corrected chi connectivity index (χ3v) is 7.85. The molecule has 2 aliphatic heterocycles. The van der Waals surface area contributed by atoms with Crippen LogP contribution < -0.4 is 4.90 Å². The molecule has 7 heteroatoms. The minimum Gasteiger partial charge on any atom is -0.311 e. The number of aryl methyl sites for hydroxylation is 1. The molecule has 0 unspecified atom stereocenters. The zero-order valence-corrected chi connectivity index (χ0v) is 18.9. The fourth-order valence-electron chi connectivity index (χ4n) is 4.50. The second-order valence-corrected chi connectivity index (χ2v) is 9.60. The maximum atomic E-state index is 14.4. The summed E-state index contributed by atoms with van der Waals surface area (Å²) in [4.78, 5) is 29.5. The Morgan fingerprint density at radius 2 is 1.88 bits per heavy atom. The highest BCUT2D eigenvalue weighted by Gasteiger charge is 2.59. The molecule has 2 aliphatic rings. The second-order valence-electron chi connectivity index (χ2n) is 7.91. The summed E-state index contributed by atoms with van der Waals surface area (Å²) < 4.78 is 14.4. The molecule has 0 saturated carbocycles. The van der Waals surface area contributed by atoms with Crippen molar-refractivity contribution in [2.75, 3.05) is 17.2 Å². The predicted octanol–water partition coefficient (Wildman–Crippen LogP) is 5.38. The molecular formula is C25H20ClFN2O2S. The number of carbonyl (C=O) groups excluding carboxylic acids is 2. The monoisotopic (exact) mass is 466 g/mol. The van der Waals surface area contributed by atoms with E-state index in [2.05, 4.69) is 0 Å². The van der Waals surface area contributed by atoms with Crippen molar-refractivity contribution in [2.45, 2.75) is 18.3 Å². The molecule has 2 heterocycles. The van der Waals surface area contributed by atoms with Gasteiger partial charge in [0.15, 0.2) is 4.87 Å². The molecule has 0 radical (unpaired) electrons. The molecule has 0 bridgehead atoms. The van der Waals surface area contributed by atoms with Gasteiger partial charge in [-0.15, -0.1) is 11.8 Å². The Hall–Kier alpha value is -2.83. The maximum Gasteiger partial charge on any atom is 0.268 e. The van der Waals surface area contributed by atoms with E-state index in [0.29, 0.717) is 34.1 Å². The molecule has 1 atom stereocenters. The predicted molar refractivity (Wildman–Crippen MR) is 125 cm³/mol. The number of rotatable bonds is 3. The van der Waals surface area contributed by atoms with Gasteiger partial charge in [-0.2, -0.15) is 0 Å². The average molecular weight is 467 g/mol. The molecule has 2 amide bonds. The zero-order valence-electron chi connectivity index (χ0n) is 17.3. The van der Waals surface area contributed by atoms with Gasteiger partial charge in [-0.1, -0.05) is 48.0 Å². The largest absolute Gasteiger partial charge is 0.311 e. The summed E-state index contributed by atoms with van der Waals surface area (Å²) in [5.74, 6) is -0.329. The first-order chi connectivity index (χ1) is 15.4. The Morgan fingerprint density at radius 1 is 1.12 bits per heavy atom. The third-order valence-electron chi connectivity index (χ3n) is 6.06. The highest BCUT2D eigenvalue weighted by molar-refractivity contribution is 8.01. The fraction of sp³-hybridized carbons (Fsp3) is 0.200. The molecule has 0 aromatic heterocycles. The summed E-state index contributed by atoms with van der Waals surface area (Å²) in [5, 5.41) is 0.553. The molecule has 1 saturated heterocycles. The SMILES string of the molecule is Cc1ccccc1C(=O)N1CCS[C@@]12C(=O)N(Cc1ccccc1Cl)c1ccc(F)cc12.